The van der Waals surface area contributed by atoms with Crippen molar-refractivity contribution in [3.05, 3.63) is 60.9 Å². The molecule has 2 heterocycles. The molecule has 85 valence electrons. The minimum Gasteiger partial charge on any atom is -0.316 e. The van der Waals surface area contributed by atoms with Gasteiger partial charge < -0.3 is 4.40 Å². The fraction of sp³-hybridized carbons (Fsp3) is 0. The summed E-state index contributed by atoms with van der Waals surface area (Å²) in [4.78, 5) is 4.51. The quantitative estimate of drug-likeness (QED) is 0.499. The zero-order chi connectivity index (χ0) is 12.1. The van der Waals surface area contributed by atoms with Crippen LogP contribution in [0.3, 0.4) is 0 Å². The third kappa shape index (κ3) is 2.56. The largest absolute Gasteiger partial charge is 0.316 e. The van der Waals surface area contributed by atoms with Crippen LogP contribution in [0.2, 0.25) is 0 Å². The summed E-state index contributed by atoms with van der Waals surface area (Å²) in [5, 5.41) is 3.18. The summed E-state index contributed by atoms with van der Waals surface area (Å²) in [7, 11) is 0. The van der Waals surface area contributed by atoms with Crippen molar-refractivity contribution in [1.82, 2.24) is 9.38 Å². The van der Waals surface area contributed by atoms with Crippen LogP contribution in [0.4, 0.5) is 0 Å². The van der Waals surface area contributed by atoms with Gasteiger partial charge in [0.15, 0.2) is 0 Å². The zero-order valence-electron chi connectivity index (χ0n) is 9.15. The summed E-state index contributed by atoms with van der Waals surface area (Å²) in [5.74, 6) is 0. The Hall–Kier alpha value is -1.60. The molecule has 0 atom stereocenters. The molecule has 0 bridgehead atoms. The number of pyridine rings is 1. The molecule has 0 amide bonds. The summed E-state index contributed by atoms with van der Waals surface area (Å²) in [6.45, 7) is 0. The molecule has 0 aliphatic carbocycles. The molecule has 2 nitrogen and oxygen atoms in total. The molecule has 0 unspecified atom stereocenters. The fourth-order valence-corrected chi connectivity index (χ4v) is 1.62. The maximum atomic E-state index is 4.51. The first kappa shape index (κ1) is 11.9. The van der Waals surface area contributed by atoms with Crippen molar-refractivity contribution in [2.24, 2.45) is 0 Å². The third-order valence-corrected chi connectivity index (χ3v) is 2.35. The maximum Gasteiger partial charge on any atom is 0.126 e. The topological polar surface area (TPSA) is 17.3 Å². The number of hydrogen-bond acceptors (Lipinski definition) is 1. The summed E-state index contributed by atoms with van der Waals surface area (Å²) >= 11 is 2.10. The van der Waals surface area contributed by atoms with Crippen molar-refractivity contribution >= 4 is 10.8 Å². The van der Waals surface area contributed by atoms with Gasteiger partial charge in [0.05, 0.1) is 0 Å². The van der Waals surface area contributed by atoms with E-state index >= 15 is 0 Å². The van der Waals surface area contributed by atoms with Gasteiger partial charge in [0.25, 0.3) is 0 Å². The first-order chi connectivity index (χ1) is 8.43. The van der Waals surface area contributed by atoms with Crippen LogP contribution in [-0.2, 0) is 17.9 Å². The Labute approximate surface area is 110 Å². The van der Waals surface area contributed by atoms with Gasteiger partial charge in [-0.05, 0) is 18.3 Å². The van der Waals surface area contributed by atoms with Gasteiger partial charge in [-0.25, -0.2) is 0 Å². The third-order valence-electron chi connectivity index (χ3n) is 2.35. The Morgan fingerprint density at radius 2 is 1.94 bits per heavy atom. The van der Waals surface area contributed by atoms with Gasteiger partial charge in [-0.3, -0.25) is 4.98 Å². The molecule has 2 aromatic heterocycles. The number of benzene rings is 1. The number of imidazole rings is 1. The van der Waals surface area contributed by atoms with E-state index in [1.54, 1.807) is 0 Å². The van der Waals surface area contributed by atoms with Crippen molar-refractivity contribution in [1.29, 1.82) is 0 Å². The normalized spacial score (nSPS) is 9.65. The minimum absolute atomic E-state index is 0.960. The van der Waals surface area contributed by atoms with Gasteiger partial charge in [0.1, 0.15) is 5.65 Å². The average Bonchev–Trinajstić information content (AvgIpc) is 2.86. The summed E-state index contributed by atoms with van der Waals surface area (Å²) in [6, 6.07) is 17.0. The SMILES string of the molecule is [CH2]=[Ru+].[c-]1ccccc1-c1cn2ccccc2n1. The van der Waals surface area contributed by atoms with Crippen LogP contribution in [0.5, 0.6) is 0 Å². The van der Waals surface area contributed by atoms with Gasteiger partial charge in [-0.15, -0.1) is 35.9 Å². The number of hydrogen-bond donors (Lipinski definition) is 0. The van der Waals surface area contributed by atoms with E-state index in [2.05, 4.69) is 34.0 Å². The molecule has 0 aliphatic heterocycles. The molecule has 0 saturated carbocycles. The van der Waals surface area contributed by atoms with E-state index in [9.17, 15) is 0 Å². The van der Waals surface area contributed by atoms with E-state index in [-0.39, 0.29) is 0 Å². The van der Waals surface area contributed by atoms with Crippen LogP contribution >= 0.6 is 0 Å². The van der Waals surface area contributed by atoms with E-state index < -0.39 is 0 Å². The number of nitrogens with zero attached hydrogens (tertiary/aromatic N) is 2. The van der Waals surface area contributed by atoms with Gasteiger partial charge in [-0.2, -0.15) is 0 Å². The molecule has 3 aromatic rings. The average molecular weight is 308 g/mol. The number of fused-ring (bicyclic) bond motifs is 1. The van der Waals surface area contributed by atoms with Crippen LogP contribution in [-0.4, -0.2) is 14.5 Å². The predicted molar refractivity (Wildman–Crippen MR) is 66.6 cm³/mol. The minimum atomic E-state index is 0.960. The Balaban J connectivity index is 0.000000514. The number of rotatable bonds is 1. The van der Waals surface area contributed by atoms with Crippen LogP contribution in [0, 0.1) is 6.07 Å². The van der Waals surface area contributed by atoms with Gasteiger partial charge in [0.2, 0.25) is 0 Å². The predicted octanol–water partition coefficient (Wildman–Crippen LogP) is 2.77. The van der Waals surface area contributed by atoms with Gasteiger partial charge in [0, 0.05) is 11.9 Å². The Morgan fingerprint density at radius 1 is 1.12 bits per heavy atom. The van der Waals surface area contributed by atoms with Crippen LogP contribution in [0.25, 0.3) is 16.9 Å². The number of aromatic nitrogens is 2. The molecule has 0 N–H and O–H groups in total. The van der Waals surface area contributed by atoms with Crippen LogP contribution < -0.4 is 0 Å². The van der Waals surface area contributed by atoms with Crippen molar-refractivity contribution in [3.8, 4) is 11.3 Å². The molecule has 0 spiro atoms. The van der Waals surface area contributed by atoms with Crippen LogP contribution in [0.1, 0.15) is 0 Å². The fourth-order valence-electron chi connectivity index (χ4n) is 1.62. The zero-order valence-corrected chi connectivity index (χ0v) is 10.9. The second-order valence-corrected chi connectivity index (χ2v) is 3.37. The molecular weight excluding hydrogens is 297 g/mol. The second-order valence-electron chi connectivity index (χ2n) is 3.37. The molecule has 0 fully saturated rings. The van der Waals surface area contributed by atoms with E-state index in [0.29, 0.717) is 0 Å². The van der Waals surface area contributed by atoms with E-state index in [0.717, 1.165) is 16.9 Å². The van der Waals surface area contributed by atoms with Crippen molar-refractivity contribution in [2.45, 2.75) is 0 Å². The molecule has 0 saturated heterocycles. The Morgan fingerprint density at radius 3 is 2.65 bits per heavy atom. The van der Waals surface area contributed by atoms with Crippen molar-refractivity contribution < 1.29 is 17.9 Å². The Kier molecular flexibility index (Phi) is 3.95. The maximum absolute atomic E-state index is 4.51. The molecule has 1 aromatic carbocycles. The molecule has 3 rings (SSSR count). The van der Waals surface area contributed by atoms with Crippen molar-refractivity contribution in [2.75, 3.05) is 0 Å². The molecular formula is C14H11N2Ru. The van der Waals surface area contributed by atoms with E-state index in [1.165, 1.54) is 0 Å². The van der Waals surface area contributed by atoms with Crippen LogP contribution in [0.15, 0.2) is 54.9 Å². The summed E-state index contributed by atoms with van der Waals surface area (Å²) < 4.78 is 2.01. The standard InChI is InChI=1S/C13H9N2.CH2.Ru/c1-2-6-11(7-3-1)12-10-15-9-5-4-8-13(15)14-12;;/h1-6,8-10H;1H2;/q-1;;+1. The molecule has 0 radical (unpaired) electrons. The first-order valence-corrected chi connectivity index (χ1v) is 6.32. The molecule has 0 aliphatic rings. The monoisotopic (exact) mass is 309 g/mol. The molecule has 3 heteroatoms. The van der Waals surface area contributed by atoms with Gasteiger partial charge in [-0.1, -0.05) is 6.07 Å². The first-order valence-electron chi connectivity index (χ1n) is 5.09. The Bertz CT molecular complexity index is 569. The van der Waals surface area contributed by atoms with E-state index in [1.807, 2.05) is 59.3 Å². The molecule has 17 heavy (non-hydrogen) atoms. The van der Waals surface area contributed by atoms with E-state index in [4.69, 9.17) is 0 Å². The van der Waals surface area contributed by atoms with Gasteiger partial charge >= 0.3 is 23.0 Å². The second kappa shape index (κ2) is 5.65. The summed E-state index contributed by atoms with van der Waals surface area (Å²) in [6.07, 6.45) is 4.01. The summed E-state index contributed by atoms with van der Waals surface area (Å²) in [5.41, 5.74) is 2.95. The van der Waals surface area contributed by atoms with Crippen molar-refractivity contribution in [3.63, 3.8) is 0 Å². The smallest absolute Gasteiger partial charge is 0.126 e.